The number of aliphatic hydroxyl groups is 2. The molecule has 8 N–H and O–H groups in total. The lowest BCUT2D eigenvalue weighted by molar-refractivity contribution is 0.171. The number of hydrogen-bond acceptors (Lipinski definition) is 8. The van der Waals surface area contributed by atoms with E-state index in [0.29, 0.717) is 58.8 Å². The van der Waals surface area contributed by atoms with Crippen LogP contribution in [0.1, 0.15) is 62.2 Å². The van der Waals surface area contributed by atoms with Crippen LogP contribution in [0.15, 0.2) is 36.4 Å². The predicted octanol–water partition coefficient (Wildman–Crippen LogP) is 2.34. The zero-order valence-electron chi connectivity index (χ0n) is 19.1. The van der Waals surface area contributed by atoms with E-state index in [-0.39, 0.29) is 0 Å². The van der Waals surface area contributed by atoms with Crippen LogP contribution in [0.4, 0.5) is 11.4 Å². The van der Waals surface area contributed by atoms with Crippen LogP contribution < -0.4 is 22.1 Å². The fourth-order valence-corrected chi connectivity index (χ4v) is 2.69. The molecule has 2 atom stereocenters. The monoisotopic (exact) mass is 438 g/mol. The molecule has 0 fully saturated rings. The molecular formula is C24H34N6O2. The van der Waals surface area contributed by atoms with E-state index in [1.54, 1.807) is 36.4 Å². The summed E-state index contributed by atoms with van der Waals surface area (Å²) in [5.74, 6) is 0. The first-order chi connectivity index (χ1) is 15.1. The first kappa shape index (κ1) is 26.9. The Kier molecular flexibility index (Phi) is 11.2. The summed E-state index contributed by atoms with van der Waals surface area (Å²) in [6.07, 6.45) is -1.23. The van der Waals surface area contributed by atoms with Crippen LogP contribution in [0.25, 0.3) is 0 Å². The molecule has 8 nitrogen and oxygen atoms in total. The fraction of sp³-hybridized carbons (Fsp3) is 0.417. The van der Waals surface area contributed by atoms with Gasteiger partial charge in [0.1, 0.15) is 12.1 Å². The highest BCUT2D eigenvalue weighted by atomic mass is 16.3. The lowest BCUT2D eigenvalue weighted by Gasteiger charge is -2.14. The van der Waals surface area contributed by atoms with E-state index in [1.807, 2.05) is 39.8 Å². The molecule has 172 valence electrons. The topological polar surface area (TPSA) is 164 Å². The minimum atomic E-state index is -0.616. The number of nitrogens with two attached hydrogens (primary N) is 2. The van der Waals surface area contributed by atoms with Crippen LogP contribution in [0.2, 0.25) is 0 Å². The molecule has 0 aliphatic rings. The van der Waals surface area contributed by atoms with Crippen molar-refractivity contribution in [2.24, 2.45) is 0 Å². The summed E-state index contributed by atoms with van der Waals surface area (Å²) in [6.45, 7) is 8.97. The number of nitrogens with one attached hydrogen (secondary N) is 2. The molecule has 0 heterocycles. The third kappa shape index (κ3) is 8.93. The van der Waals surface area contributed by atoms with Gasteiger partial charge in [-0.15, -0.1) is 0 Å². The third-order valence-electron chi connectivity index (χ3n) is 4.60. The van der Waals surface area contributed by atoms with E-state index in [0.717, 1.165) is 0 Å². The van der Waals surface area contributed by atoms with Gasteiger partial charge in [0.25, 0.3) is 0 Å². The number of nitriles is 2. The maximum Gasteiger partial charge on any atom is 0.101 e. The van der Waals surface area contributed by atoms with Crippen LogP contribution in [0, 0.1) is 22.7 Å². The molecule has 32 heavy (non-hydrogen) atoms. The molecule has 2 rings (SSSR count). The van der Waals surface area contributed by atoms with Gasteiger partial charge < -0.3 is 32.3 Å². The molecular weight excluding hydrogens is 404 g/mol. The molecule has 8 heteroatoms. The average Bonchev–Trinajstić information content (AvgIpc) is 2.76. The Morgan fingerprint density at radius 3 is 1.38 bits per heavy atom. The Hall–Kier alpha value is -3.14. The molecule has 2 aromatic carbocycles. The zero-order valence-corrected chi connectivity index (χ0v) is 19.1. The van der Waals surface area contributed by atoms with Crippen molar-refractivity contribution in [2.75, 3.05) is 24.6 Å². The van der Waals surface area contributed by atoms with Gasteiger partial charge in [-0.3, -0.25) is 0 Å². The summed E-state index contributed by atoms with van der Waals surface area (Å²) in [5, 5.41) is 43.6. The quantitative estimate of drug-likeness (QED) is 0.342. The SMILES string of the molecule is CC(C)NCC(O)c1ccc(N)c(C#N)c1.CC(C)NCC(O)c1ccc(N)c(C#N)c1. The summed E-state index contributed by atoms with van der Waals surface area (Å²) in [5.41, 5.74) is 14.3. The van der Waals surface area contributed by atoms with Crippen LogP contribution in [-0.4, -0.2) is 35.4 Å². The molecule has 0 radical (unpaired) electrons. The van der Waals surface area contributed by atoms with Gasteiger partial charge in [0.2, 0.25) is 0 Å². The van der Waals surface area contributed by atoms with Crippen molar-refractivity contribution < 1.29 is 10.2 Å². The normalized spacial score (nSPS) is 12.4. The highest BCUT2D eigenvalue weighted by molar-refractivity contribution is 5.56. The fourth-order valence-electron chi connectivity index (χ4n) is 2.69. The van der Waals surface area contributed by atoms with Gasteiger partial charge >= 0.3 is 0 Å². The first-order valence-corrected chi connectivity index (χ1v) is 10.5. The maximum atomic E-state index is 9.87. The third-order valence-corrected chi connectivity index (χ3v) is 4.60. The highest BCUT2D eigenvalue weighted by Gasteiger charge is 2.11. The number of aliphatic hydroxyl groups excluding tert-OH is 2. The van der Waals surface area contributed by atoms with Crippen LogP contribution in [0.5, 0.6) is 0 Å². The van der Waals surface area contributed by atoms with Crippen molar-refractivity contribution in [1.29, 1.82) is 10.5 Å². The lowest BCUT2D eigenvalue weighted by atomic mass is 10.0. The summed E-state index contributed by atoms with van der Waals surface area (Å²) < 4.78 is 0. The zero-order chi connectivity index (χ0) is 24.3. The van der Waals surface area contributed by atoms with E-state index in [1.165, 1.54) is 0 Å². The van der Waals surface area contributed by atoms with Gasteiger partial charge in [-0.1, -0.05) is 39.8 Å². The number of hydrogen-bond donors (Lipinski definition) is 6. The second-order valence-corrected chi connectivity index (χ2v) is 8.07. The van der Waals surface area contributed by atoms with Crippen LogP contribution in [-0.2, 0) is 0 Å². The molecule has 0 aromatic heterocycles. The predicted molar refractivity (Wildman–Crippen MR) is 127 cm³/mol. The molecule has 2 aromatic rings. The van der Waals surface area contributed by atoms with Crippen LogP contribution >= 0.6 is 0 Å². The summed E-state index contributed by atoms with van der Waals surface area (Å²) >= 11 is 0. The Balaban J connectivity index is 0.000000320. The highest BCUT2D eigenvalue weighted by Crippen LogP contribution is 2.19. The molecule has 0 aliphatic heterocycles. The summed E-state index contributed by atoms with van der Waals surface area (Å²) in [6, 6.07) is 14.7. The number of benzene rings is 2. The minimum absolute atomic E-state index is 0.318. The molecule has 0 amide bonds. The van der Waals surface area contributed by atoms with Gasteiger partial charge in [0.05, 0.1) is 23.3 Å². The van der Waals surface area contributed by atoms with Gasteiger partial charge in [0.15, 0.2) is 0 Å². The van der Waals surface area contributed by atoms with Gasteiger partial charge in [0, 0.05) is 36.5 Å². The van der Waals surface area contributed by atoms with Crippen molar-refractivity contribution in [3.63, 3.8) is 0 Å². The Morgan fingerprint density at radius 1 is 0.750 bits per heavy atom. The van der Waals surface area contributed by atoms with E-state index < -0.39 is 12.2 Å². The number of anilines is 2. The van der Waals surface area contributed by atoms with Crippen LogP contribution in [0.3, 0.4) is 0 Å². The maximum absolute atomic E-state index is 9.87. The molecule has 0 aliphatic carbocycles. The van der Waals surface area contributed by atoms with Crippen molar-refractivity contribution >= 4 is 11.4 Å². The number of nitrogens with zero attached hydrogens (tertiary/aromatic N) is 2. The summed E-state index contributed by atoms with van der Waals surface area (Å²) in [4.78, 5) is 0. The second-order valence-electron chi connectivity index (χ2n) is 8.07. The van der Waals surface area contributed by atoms with Crippen molar-refractivity contribution in [3.05, 3.63) is 58.7 Å². The molecule has 0 saturated carbocycles. The number of nitrogen functional groups attached to an aromatic ring is 2. The summed E-state index contributed by atoms with van der Waals surface area (Å²) in [7, 11) is 0. The molecule has 0 bridgehead atoms. The largest absolute Gasteiger partial charge is 0.398 e. The Morgan fingerprint density at radius 2 is 1.09 bits per heavy atom. The van der Waals surface area contributed by atoms with Crippen molar-refractivity contribution in [2.45, 2.75) is 52.0 Å². The van der Waals surface area contributed by atoms with Crippen molar-refractivity contribution in [1.82, 2.24) is 10.6 Å². The van der Waals surface area contributed by atoms with Gasteiger partial charge in [-0.2, -0.15) is 10.5 Å². The van der Waals surface area contributed by atoms with Gasteiger partial charge in [-0.25, -0.2) is 0 Å². The Bertz CT molecular complexity index is 869. The molecule has 0 saturated heterocycles. The molecule has 2 unspecified atom stereocenters. The van der Waals surface area contributed by atoms with Crippen molar-refractivity contribution in [3.8, 4) is 12.1 Å². The van der Waals surface area contributed by atoms with E-state index in [4.69, 9.17) is 22.0 Å². The smallest absolute Gasteiger partial charge is 0.101 e. The Labute approximate surface area is 190 Å². The standard InChI is InChI=1S/2C12H17N3O/c2*1-8(2)15-7-12(16)9-3-4-11(14)10(5-9)6-13/h2*3-5,8,12,15-16H,7,14H2,1-2H3. The van der Waals surface area contributed by atoms with E-state index >= 15 is 0 Å². The van der Waals surface area contributed by atoms with E-state index in [2.05, 4.69) is 10.6 Å². The van der Waals surface area contributed by atoms with E-state index in [9.17, 15) is 10.2 Å². The average molecular weight is 439 g/mol. The van der Waals surface area contributed by atoms with Gasteiger partial charge in [-0.05, 0) is 35.4 Å². The minimum Gasteiger partial charge on any atom is -0.398 e. The first-order valence-electron chi connectivity index (χ1n) is 10.5. The second kappa shape index (κ2) is 13.3. The molecule has 0 spiro atoms. The lowest BCUT2D eigenvalue weighted by Crippen LogP contribution is -2.27. The number of rotatable bonds is 8.